The molecule has 0 bridgehead atoms. The molecule has 8 nitrogen and oxygen atoms in total. The highest BCUT2D eigenvalue weighted by molar-refractivity contribution is 6.31. The van der Waals surface area contributed by atoms with E-state index in [0.717, 1.165) is 64.3 Å². The summed E-state index contributed by atoms with van der Waals surface area (Å²) in [6.07, 6.45) is 1.69. The molecule has 3 N–H and O–H groups in total. The fourth-order valence-corrected chi connectivity index (χ4v) is 5.05. The van der Waals surface area contributed by atoms with Gasteiger partial charge in [0, 0.05) is 43.8 Å². The van der Waals surface area contributed by atoms with Crippen molar-refractivity contribution >= 4 is 24.5 Å². The summed E-state index contributed by atoms with van der Waals surface area (Å²) in [6, 6.07) is 4.91. The van der Waals surface area contributed by atoms with Crippen LogP contribution in [0.5, 0.6) is 0 Å². The number of aliphatic hydroxyl groups is 1. The van der Waals surface area contributed by atoms with Crippen molar-refractivity contribution in [1.29, 1.82) is 0 Å². The fraction of sp³-hybridized carbons (Fsp3) is 0.619. The predicted molar refractivity (Wildman–Crippen MR) is 112 cm³/mol. The molecule has 174 valence electrons. The molecule has 3 aliphatic rings. The molecular weight excluding hydrogens is 431 g/mol. The van der Waals surface area contributed by atoms with E-state index in [9.17, 15) is 9.50 Å². The van der Waals surface area contributed by atoms with Gasteiger partial charge in [0.15, 0.2) is 0 Å². The first-order valence-electron chi connectivity index (χ1n) is 10.2. The average Bonchev–Trinajstić information content (AvgIpc) is 3.12. The molecule has 0 radical (unpaired) electrons. The number of fused-ring (bicyclic) bond motifs is 1. The lowest BCUT2D eigenvalue weighted by molar-refractivity contribution is -0.123. The zero-order valence-electron chi connectivity index (χ0n) is 17.3. The summed E-state index contributed by atoms with van der Waals surface area (Å²) < 4.78 is 18.7. The van der Waals surface area contributed by atoms with Gasteiger partial charge >= 0.3 is 0 Å². The normalized spacial score (nSPS) is 28.4. The zero-order chi connectivity index (χ0) is 22.8. The minimum Gasteiger partial charge on any atom is -0.483 e. The third-order valence-corrected chi connectivity index (χ3v) is 6.46. The molecule has 31 heavy (non-hydrogen) atoms. The van der Waals surface area contributed by atoms with Crippen LogP contribution in [0.15, 0.2) is 18.2 Å². The van der Waals surface area contributed by atoms with E-state index in [0.29, 0.717) is 16.9 Å². The number of ether oxygens (including phenoxy) is 1. The summed E-state index contributed by atoms with van der Waals surface area (Å²) in [5.74, 6) is 0.877. The van der Waals surface area contributed by atoms with Gasteiger partial charge in [-0.15, -0.1) is 0 Å². The molecule has 2 saturated heterocycles. The first kappa shape index (κ1) is 25.5. The number of nitrogens with zero attached hydrogens (tertiary/aromatic N) is 2. The number of hydrogen-bond acceptors (Lipinski definition) is 6. The highest BCUT2D eigenvalue weighted by Gasteiger charge is 2.43. The lowest BCUT2D eigenvalue weighted by Gasteiger charge is -2.43. The SMILES string of the molecule is O=CO.O=CO.O[C@@H]1C[C@H]2CN(Cc3ccc(F)cc3Cl)C[C@H]2C[C@H]1N1CCOCC1. The number of halogens is 2. The van der Waals surface area contributed by atoms with Gasteiger partial charge in [0.1, 0.15) is 5.82 Å². The molecule has 2 aliphatic heterocycles. The third kappa shape index (κ3) is 7.40. The lowest BCUT2D eigenvalue weighted by Crippen LogP contribution is -2.53. The number of hydrogen-bond donors (Lipinski definition) is 3. The van der Waals surface area contributed by atoms with Gasteiger partial charge < -0.3 is 20.1 Å². The number of aliphatic hydroxyl groups excluding tert-OH is 1. The fourth-order valence-electron chi connectivity index (χ4n) is 4.83. The van der Waals surface area contributed by atoms with Crippen molar-refractivity contribution in [2.24, 2.45) is 11.8 Å². The second-order valence-corrected chi connectivity index (χ2v) is 8.32. The van der Waals surface area contributed by atoms with Crippen molar-refractivity contribution in [2.45, 2.75) is 31.5 Å². The lowest BCUT2D eigenvalue weighted by atomic mass is 9.77. The van der Waals surface area contributed by atoms with Crippen molar-refractivity contribution in [3.05, 3.63) is 34.6 Å². The third-order valence-electron chi connectivity index (χ3n) is 6.11. The largest absolute Gasteiger partial charge is 0.483 e. The molecule has 1 aromatic rings. The molecule has 1 saturated carbocycles. The number of likely N-dealkylation sites (tertiary alicyclic amines) is 1. The van der Waals surface area contributed by atoms with E-state index in [1.165, 1.54) is 12.1 Å². The van der Waals surface area contributed by atoms with Crippen molar-refractivity contribution in [1.82, 2.24) is 9.80 Å². The number of carboxylic acid groups (broad SMARTS) is 2. The molecule has 3 fully saturated rings. The number of morpholine rings is 1. The van der Waals surface area contributed by atoms with Gasteiger partial charge in [0.25, 0.3) is 12.9 Å². The average molecular weight is 461 g/mol. The molecular formula is C21H30ClFN2O6. The highest BCUT2D eigenvalue weighted by atomic mass is 35.5. The van der Waals surface area contributed by atoms with Gasteiger partial charge in [-0.05, 0) is 42.4 Å². The van der Waals surface area contributed by atoms with Crippen molar-refractivity contribution < 1.29 is 34.0 Å². The summed E-state index contributed by atoms with van der Waals surface area (Å²) in [5, 5.41) is 24.9. The summed E-state index contributed by atoms with van der Waals surface area (Å²) in [7, 11) is 0. The van der Waals surface area contributed by atoms with Gasteiger partial charge in [0.2, 0.25) is 0 Å². The van der Waals surface area contributed by atoms with Gasteiger partial charge in [-0.2, -0.15) is 0 Å². The monoisotopic (exact) mass is 460 g/mol. The Kier molecular flexibility index (Phi) is 10.6. The minimum absolute atomic E-state index is 0.242. The van der Waals surface area contributed by atoms with Gasteiger partial charge in [-0.1, -0.05) is 17.7 Å². The molecule has 1 aliphatic carbocycles. The van der Waals surface area contributed by atoms with Crippen LogP contribution in [-0.2, 0) is 20.9 Å². The summed E-state index contributed by atoms with van der Waals surface area (Å²) in [6.45, 7) is 5.67. The van der Waals surface area contributed by atoms with Gasteiger partial charge in [-0.25, -0.2) is 4.39 Å². The van der Waals surface area contributed by atoms with Gasteiger partial charge in [0.05, 0.1) is 19.3 Å². The maximum Gasteiger partial charge on any atom is 0.290 e. The van der Waals surface area contributed by atoms with E-state index in [1.807, 2.05) is 0 Å². The van der Waals surface area contributed by atoms with Crippen LogP contribution >= 0.6 is 11.6 Å². The number of carbonyl (C=O) groups is 2. The summed E-state index contributed by atoms with van der Waals surface area (Å²) >= 11 is 6.18. The molecule has 0 amide bonds. The Morgan fingerprint density at radius 3 is 2.26 bits per heavy atom. The van der Waals surface area contributed by atoms with Crippen molar-refractivity contribution in [3.8, 4) is 0 Å². The Morgan fingerprint density at radius 1 is 1.10 bits per heavy atom. The minimum atomic E-state index is -0.291. The first-order chi connectivity index (χ1) is 14.9. The molecule has 4 rings (SSSR count). The maximum absolute atomic E-state index is 13.2. The van der Waals surface area contributed by atoms with Crippen LogP contribution in [0.25, 0.3) is 0 Å². The summed E-state index contributed by atoms with van der Waals surface area (Å²) in [5.41, 5.74) is 0.979. The Bertz CT molecular complexity index is 700. The quantitative estimate of drug-likeness (QED) is 0.585. The summed E-state index contributed by atoms with van der Waals surface area (Å²) in [4.78, 5) is 21.5. The number of rotatable bonds is 3. The van der Waals surface area contributed by atoms with Crippen LogP contribution in [0.3, 0.4) is 0 Å². The van der Waals surface area contributed by atoms with Crippen molar-refractivity contribution in [3.63, 3.8) is 0 Å². The molecule has 0 spiro atoms. The highest BCUT2D eigenvalue weighted by Crippen LogP contribution is 2.39. The number of benzene rings is 1. The van der Waals surface area contributed by atoms with E-state index in [2.05, 4.69) is 9.80 Å². The molecule has 0 unspecified atom stereocenters. The van der Waals surface area contributed by atoms with Crippen LogP contribution in [0.1, 0.15) is 18.4 Å². The van der Waals surface area contributed by atoms with Crippen LogP contribution in [-0.4, -0.2) is 89.6 Å². The van der Waals surface area contributed by atoms with Crippen LogP contribution < -0.4 is 0 Å². The van der Waals surface area contributed by atoms with E-state index < -0.39 is 0 Å². The smallest absolute Gasteiger partial charge is 0.290 e. The Morgan fingerprint density at radius 2 is 1.68 bits per heavy atom. The van der Waals surface area contributed by atoms with Crippen LogP contribution in [0.2, 0.25) is 5.02 Å². The molecule has 10 heteroatoms. The first-order valence-corrected chi connectivity index (χ1v) is 10.6. The van der Waals surface area contributed by atoms with E-state index >= 15 is 0 Å². The molecule has 0 aromatic heterocycles. The zero-order valence-corrected chi connectivity index (χ0v) is 18.0. The second kappa shape index (κ2) is 12.9. The van der Waals surface area contributed by atoms with Crippen LogP contribution in [0.4, 0.5) is 4.39 Å². The second-order valence-electron chi connectivity index (χ2n) is 7.92. The molecule has 4 atom stereocenters. The standard InChI is InChI=1S/C19H26ClFN2O2.2CH2O2/c20-17-9-16(21)2-1-13(17)10-22-11-14-7-18(19(24)8-15(14)12-22)23-3-5-25-6-4-23;2*2-1-3/h1-2,9,14-15,18-19,24H,3-8,10-12H2;2*1H,(H,2,3)/t14-,15+,18-,19-;;/m1../s1. The van der Waals surface area contributed by atoms with E-state index in [1.54, 1.807) is 6.07 Å². The molecule has 2 heterocycles. The maximum atomic E-state index is 13.2. The Balaban J connectivity index is 0.000000513. The van der Waals surface area contributed by atoms with Crippen LogP contribution in [0, 0.1) is 17.7 Å². The Labute approximate surface area is 186 Å². The Hall–Kier alpha value is -1.78. The van der Waals surface area contributed by atoms with E-state index in [-0.39, 0.29) is 30.9 Å². The predicted octanol–water partition coefficient (Wildman–Crippen LogP) is 1.78. The van der Waals surface area contributed by atoms with Gasteiger partial charge in [-0.3, -0.25) is 19.4 Å². The topological polar surface area (TPSA) is 111 Å². The molecule has 1 aromatic carbocycles. The van der Waals surface area contributed by atoms with Crippen molar-refractivity contribution in [2.75, 3.05) is 39.4 Å². The van der Waals surface area contributed by atoms with E-state index in [4.69, 9.17) is 36.1 Å².